The normalized spacial score (nSPS) is 13.4. The van der Waals surface area contributed by atoms with Crippen molar-refractivity contribution in [2.45, 2.75) is 13.1 Å². The highest BCUT2D eigenvalue weighted by Crippen LogP contribution is 2.30. The fraction of sp³-hybridized carbons (Fsp3) is 0.182. The number of aliphatic imine (C=N–C) groups is 1. The first kappa shape index (κ1) is 12.3. The Morgan fingerprint density at radius 2 is 1.81 bits per heavy atom. The zero-order valence-corrected chi connectivity index (χ0v) is 8.62. The van der Waals surface area contributed by atoms with Gasteiger partial charge in [0.15, 0.2) is 0 Å². The molecule has 0 atom stereocenters. The number of allylic oxidation sites excluding steroid dienone is 1. The molecular weight excluding hydrogens is 217 g/mol. The molecule has 0 saturated carbocycles. The zero-order chi connectivity index (χ0) is 12.2. The van der Waals surface area contributed by atoms with E-state index >= 15 is 0 Å². The van der Waals surface area contributed by atoms with E-state index in [1.165, 1.54) is 24.5 Å². The first-order chi connectivity index (χ1) is 7.43. The molecule has 0 unspecified atom stereocenters. The minimum atomic E-state index is -4.31. The van der Waals surface area contributed by atoms with Gasteiger partial charge in [-0.15, -0.1) is 0 Å². The molecule has 0 radical (unpaired) electrons. The largest absolute Gasteiger partial charge is 0.416 e. The van der Waals surface area contributed by atoms with Gasteiger partial charge in [0, 0.05) is 6.21 Å². The Labute approximate surface area is 91.3 Å². The van der Waals surface area contributed by atoms with E-state index in [1.54, 1.807) is 6.92 Å². The fourth-order valence-corrected chi connectivity index (χ4v) is 0.956. The standard InChI is InChI=1S/C11H11F3N2/c1-8(6-15)7-16-10-4-2-9(3-5-10)11(12,13)14/h2-7H,15H2,1H3. The van der Waals surface area contributed by atoms with Gasteiger partial charge in [-0.1, -0.05) is 0 Å². The average molecular weight is 228 g/mol. The number of nitrogens with zero attached hydrogens (tertiary/aromatic N) is 1. The Hall–Kier alpha value is -1.78. The van der Waals surface area contributed by atoms with E-state index in [2.05, 4.69) is 4.99 Å². The third-order valence-corrected chi connectivity index (χ3v) is 1.87. The number of nitrogens with two attached hydrogens (primary N) is 1. The van der Waals surface area contributed by atoms with Crippen LogP contribution in [0.25, 0.3) is 0 Å². The molecule has 86 valence electrons. The number of alkyl halides is 3. The molecule has 0 spiro atoms. The van der Waals surface area contributed by atoms with E-state index in [0.29, 0.717) is 5.69 Å². The van der Waals surface area contributed by atoms with E-state index in [0.717, 1.165) is 17.7 Å². The van der Waals surface area contributed by atoms with Crippen LogP contribution in [-0.4, -0.2) is 6.21 Å². The van der Waals surface area contributed by atoms with Crippen LogP contribution in [0.15, 0.2) is 41.0 Å². The van der Waals surface area contributed by atoms with Crippen molar-refractivity contribution in [2.24, 2.45) is 10.7 Å². The Balaban J connectivity index is 2.84. The summed E-state index contributed by atoms with van der Waals surface area (Å²) < 4.78 is 36.7. The van der Waals surface area contributed by atoms with Crippen molar-refractivity contribution in [2.75, 3.05) is 0 Å². The van der Waals surface area contributed by atoms with Crippen molar-refractivity contribution in [3.8, 4) is 0 Å². The molecule has 0 aliphatic heterocycles. The maximum atomic E-state index is 12.2. The molecule has 16 heavy (non-hydrogen) atoms. The topological polar surface area (TPSA) is 38.4 Å². The zero-order valence-electron chi connectivity index (χ0n) is 8.62. The monoisotopic (exact) mass is 228 g/mol. The lowest BCUT2D eigenvalue weighted by Gasteiger charge is -2.05. The Bertz CT molecular complexity index is 402. The first-order valence-electron chi connectivity index (χ1n) is 4.53. The van der Waals surface area contributed by atoms with Crippen molar-refractivity contribution in [3.05, 3.63) is 41.6 Å². The maximum absolute atomic E-state index is 12.2. The van der Waals surface area contributed by atoms with Crippen LogP contribution < -0.4 is 5.73 Å². The molecule has 2 nitrogen and oxygen atoms in total. The lowest BCUT2D eigenvalue weighted by atomic mass is 10.2. The number of rotatable bonds is 2. The van der Waals surface area contributed by atoms with Gasteiger partial charge >= 0.3 is 6.18 Å². The molecule has 0 heterocycles. The summed E-state index contributed by atoms with van der Waals surface area (Å²) in [5.74, 6) is 0. The number of benzene rings is 1. The summed E-state index contributed by atoms with van der Waals surface area (Å²) in [6.07, 6.45) is -1.45. The van der Waals surface area contributed by atoms with Gasteiger partial charge in [-0.05, 0) is 43.0 Å². The molecule has 1 aromatic rings. The second kappa shape index (κ2) is 4.83. The van der Waals surface area contributed by atoms with Crippen LogP contribution in [0, 0.1) is 0 Å². The number of hydrogen-bond donors (Lipinski definition) is 1. The average Bonchev–Trinajstić information content (AvgIpc) is 2.25. The predicted octanol–water partition coefficient (Wildman–Crippen LogP) is 3.27. The molecule has 5 heteroatoms. The molecule has 0 fully saturated rings. The first-order valence-corrected chi connectivity index (χ1v) is 4.53. The van der Waals surface area contributed by atoms with Crippen LogP contribution in [0.3, 0.4) is 0 Å². The highest BCUT2D eigenvalue weighted by Gasteiger charge is 2.29. The molecule has 0 aromatic heterocycles. The van der Waals surface area contributed by atoms with Crippen molar-refractivity contribution in [1.29, 1.82) is 0 Å². The lowest BCUT2D eigenvalue weighted by Crippen LogP contribution is -2.03. The molecule has 0 aliphatic rings. The molecule has 0 saturated heterocycles. The SMILES string of the molecule is CC(C=Nc1ccc(C(F)(F)F)cc1)=CN. The third kappa shape index (κ3) is 3.42. The summed E-state index contributed by atoms with van der Waals surface area (Å²) in [6.45, 7) is 1.74. The maximum Gasteiger partial charge on any atom is 0.416 e. The van der Waals surface area contributed by atoms with Crippen molar-refractivity contribution < 1.29 is 13.2 Å². The van der Waals surface area contributed by atoms with Gasteiger partial charge in [-0.25, -0.2) is 0 Å². The van der Waals surface area contributed by atoms with Gasteiger partial charge < -0.3 is 5.73 Å². The highest BCUT2D eigenvalue weighted by atomic mass is 19.4. The second-order valence-corrected chi connectivity index (χ2v) is 3.21. The summed E-state index contributed by atoms with van der Waals surface area (Å²) >= 11 is 0. The Kier molecular flexibility index (Phi) is 3.71. The Morgan fingerprint density at radius 1 is 1.25 bits per heavy atom. The quantitative estimate of drug-likeness (QED) is 0.775. The van der Waals surface area contributed by atoms with E-state index in [4.69, 9.17) is 5.73 Å². The minimum absolute atomic E-state index is 0.453. The predicted molar refractivity (Wildman–Crippen MR) is 57.5 cm³/mol. The molecule has 1 rings (SSSR count). The van der Waals surface area contributed by atoms with Crippen molar-refractivity contribution >= 4 is 11.9 Å². The van der Waals surface area contributed by atoms with E-state index in [9.17, 15) is 13.2 Å². The summed E-state index contributed by atoms with van der Waals surface area (Å²) in [7, 11) is 0. The summed E-state index contributed by atoms with van der Waals surface area (Å²) in [5.41, 5.74) is 5.72. The molecule has 0 bridgehead atoms. The summed E-state index contributed by atoms with van der Waals surface area (Å²) in [5, 5.41) is 0. The van der Waals surface area contributed by atoms with Crippen LogP contribution in [0.4, 0.5) is 18.9 Å². The highest BCUT2D eigenvalue weighted by molar-refractivity contribution is 5.80. The molecule has 0 aliphatic carbocycles. The number of hydrogen-bond acceptors (Lipinski definition) is 2. The fourth-order valence-electron chi connectivity index (χ4n) is 0.956. The van der Waals surface area contributed by atoms with E-state index in [1.807, 2.05) is 0 Å². The van der Waals surface area contributed by atoms with E-state index < -0.39 is 11.7 Å². The van der Waals surface area contributed by atoms with Gasteiger partial charge in [0.25, 0.3) is 0 Å². The van der Waals surface area contributed by atoms with Gasteiger partial charge in [-0.3, -0.25) is 4.99 Å². The molecule has 1 aromatic carbocycles. The summed E-state index contributed by atoms with van der Waals surface area (Å²) in [6, 6.07) is 4.61. The molecule has 2 N–H and O–H groups in total. The third-order valence-electron chi connectivity index (χ3n) is 1.87. The van der Waals surface area contributed by atoms with Crippen LogP contribution >= 0.6 is 0 Å². The smallest absolute Gasteiger partial charge is 0.404 e. The van der Waals surface area contributed by atoms with Crippen LogP contribution in [-0.2, 0) is 6.18 Å². The molecular formula is C11H11F3N2. The van der Waals surface area contributed by atoms with Gasteiger partial charge in [0.2, 0.25) is 0 Å². The minimum Gasteiger partial charge on any atom is -0.404 e. The van der Waals surface area contributed by atoms with Crippen molar-refractivity contribution in [1.82, 2.24) is 0 Å². The van der Waals surface area contributed by atoms with Crippen molar-refractivity contribution in [3.63, 3.8) is 0 Å². The van der Waals surface area contributed by atoms with Gasteiger partial charge in [0.1, 0.15) is 0 Å². The Morgan fingerprint density at radius 3 is 2.25 bits per heavy atom. The second-order valence-electron chi connectivity index (χ2n) is 3.21. The van der Waals surface area contributed by atoms with Gasteiger partial charge in [0.05, 0.1) is 11.3 Å². The van der Waals surface area contributed by atoms with Crippen LogP contribution in [0.1, 0.15) is 12.5 Å². The van der Waals surface area contributed by atoms with E-state index in [-0.39, 0.29) is 0 Å². The molecule has 0 amide bonds. The summed E-state index contributed by atoms with van der Waals surface area (Å²) in [4.78, 5) is 3.96. The van der Waals surface area contributed by atoms with Crippen LogP contribution in [0.5, 0.6) is 0 Å². The van der Waals surface area contributed by atoms with Crippen LogP contribution in [0.2, 0.25) is 0 Å². The number of halogens is 3. The lowest BCUT2D eigenvalue weighted by molar-refractivity contribution is -0.137. The van der Waals surface area contributed by atoms with Gasteiger partial charge in [-0.2, -0.15) is 13.2 Å².